The van der Waals surface area contributed by atoms with Crippen LogP contribution in [0.15, 0.2) is 48.5 Å². The van der Waals surface area contributed by atoms with Crippen molar-refractivity contribution in [3.8, 4) is 5.75 Å². The Balaban J connectivity index is 2.50. The molecular weight excluding hydrogens is 267 g/mol. The van der Waals surface area contributed by atoms with E-state index in [1.165, 1.54) is 12.1 Å². The largest absolute Gasteiger partial charge is 0.493 e. The number of halogens is 1. The second-order valence-electron chi connectivity index (χ2n) is 5.07. The van der Waals surface area contributed by atoms with Gasteiger partial charge in [-0.15, -0.1) is 0 Å². The van der Waals surface area contributed by atoms with Gasteiger partial charge < -0.3 is 9.84 Å². The van der Waals surface area contributed by atoms with Gasteiger partial charge in [0.15, 0.2) is 0 Å². The summed E-state index contributed by atoms with van der Waals surface area (Å²) in [5.41, 5.74) is -0.0454. The molecule has 2 aromatic carbocycles. The van der Waals surface area contributed by atoms with Crippen LogP contribution in [0.4, 0.5) is 4.39 Å². The van der Waals surface area contributed by atoms with Crippen molar-refractivity contribution in [2.75, 3.05) is 6.61 Å². The quantitative estimate of drug-likeness (QED) is 0.860. The van der Waals surface area contributed by atoms with E-state index < -0.39 is 5.60 Å². The van der Waals surface area contributed by atoms with Crippen LogP contribution < -0.4 is 4.74 Å². The van der Waals surface area contributed by atoms with Crippen molar-refractivity contribution in [1.82, 2.24) is 0 Å². The summed E-state index contributed by atoms with van der Waals surface area (Å²) in [4.78, 5) is 0. The van der Waals surface area contributed by atoms with Crippen LogP contribution in [0.5, 0.6) is 5.75 Å². The fourth-order valence-electron chi connectivity index (χ4n) is 2.44. The van der Waals surface area contributed by atoms with Gasteiger partial charge in [-0.2, -0.15) is 0 Å². The Morgan fingerprint density at radius 1 is 1.10 bits per heavy atom. The molecule has 21 heavy (non-hydrogen) atoms. The molecule has 2 nitrogen and oxygen atoms in total. The molecule has 0 fully saturated rings. The third kappa shape index (κ3) is 3.24. The Morgan fingerprint density at radius 2 is 1.86 bits per heavy atom. The molecule has 0 aliphatic heterocycles. The monoisotopic (exact) mass is 288 g/mol. The average Bonchev–Trinajstić information content (AvgIpc) is 2.52. The summed E-state index contributed by atoms with van der Waals surface area (Å²) >= 11 is 0. The second kappa shape index (κ2) is 6.72. The van der Waals surface area contributed by atoms with Crippen molar-refractivity contribution in [2.45, 2.75) is 32.3 Å². The van der Waals surface area contributed by atoms with E-state index in [9.17, 15) is 9.50 Å². The molecule has 0 radical (unpaired) electrons. The highest BCUT2D eigenvalue weighted by Crippen LogP contribution is 2.38. The highest BCUT2D eigenvalue weighted by Gasteiger charge is 2.32. The molecule has 1 atom stereocenters. The molecule has 0 amide bonds. The summed E-state index contributed by atoms with van der Waals surface area (Å²) in [6.45, 7) is 4.49. The van der Waals surface area contributed by atoms with Crippen molar-refractivity contribution in [3.05, 3.63) is 65.5 Å². The van der Waals surface area contributed by atoms with Crippen molar-refractivity contribution in [1.29, 1.82) is 0 Å². The van der Waals surface area contributed by atoms with Crippen molar-refractivity contribution < 1.29 is 14.2 Å². The molecular formula is C18H21FO2. The first-order valence-electron chi connectivity index (χ1n) is 7.32. The molecule has 0 saturated heterocycles. The SMILES string of the molecule is CCCOc1ccccc1C(O)(CC)c1cccc(F)c1. The highest BCUT2D eigenvalue weighted by molar-refractivity contribution is 5.44. The van der Waals surface area contributed by atoms with Gasteiger partial charge in [0.1, 0.15) is 17.2 Å². The predicted molar refractivity (Wildman–Crippen MR) is 81.9 cm³/mol. The van der Waals surface area contributed by atoms with Gasteiger partial charge in [0.05, 0.1) is 6.61 Å². The molecule has 0 saturated carbocycles. The van der Waals surface area contributed by atoms with Gasteiger partial charge in [-0.1, -0.05) is 44.2 Å². The molecule has 0 spiro atoms. The fourth-order valence-corrected chi connectivity index (χ4v) is 2.44. The van der Waals surface area contributed by atoms with Gasteiger partial charge in [-0.3, -0.25) is 0 Å². The number of hydrogen-bond donors (Lipinski definition) is 1. The summed E-state index contributed by atoms with van der Waals surface area (Å²) in [6.07, 6.45) is 1.32. The summed E-state index contributed by atoms with van der Waals surface area (Å²) in [5.74, 6) is 0.291. The number of rotatable bonds is 6. The Labute approximate surface area is 125 Å². The zero-order valence-corrected chi connectivity index (χ0v) is 12.5. The van der Waals surface area contributed by atoms with Crippen LogP contribution in [0.2, 0.25) is 0 Å². The number of para-hydroxylation sites is 1. The maximum absolute atomic E-state index is 13.5. The van der Waals surface area contributed by atoms with Crippen LogP contribution in [0.1, 0.15) is 37.8 Å². The number of hydrogen-bond acceptors (Lipinski definition) is 2. The smallest absolute Gasteiger partial charge is 0.125 e. The van der Waals surface area contributed by atoms with E-state index in [-0.39, 0.29) is 5.82 Å². The minimum atomic E-state index is -1.26. The fraction of sp³-hybridized carbons (Fsp3) is 0.333. The van der Waals surface area contributed by atoms with Crippen LogP contribution in [-0.2, 0) is 5.60 Å². The minimum Gasteiger partial charge on any atom is -0.493 e. The normalized spacial score (nSPS) is 13.7. The van der Waals surface area contributed by atoms with E-state index in [0.717, 1.165) is 6.42 Å². The van der Waals surface area contributed by atoms with Gasteiger partial charge >= 0.3 is 0 Å². The van der Waals surface area contributed by atoms with Crippen molar-refractivity contribution >= 4 is 0 Å². The van der Waals surface area contributed by atoms with Crippen molar-refractivity contribution in [2.24, 2.45) is 0 Å². The zero-order chi connectivity index (χ0) is 15.3. The molecule has 1 unspecified atom stereocenters. The van der Waals surface area contributed by atoms with E-state index >= 15 is 0 Å². The molecule has 0 bridgehead atoms. The molecule has 2 aromatic rings. The maximum atomic E-state index is 13.5. The number of aliphatic hydroxyl groups is 1. The third-order valence-electron chi connectivity index (χ3n) is 3.61. The first-order valence-corrected chi connectivity index (χ1v) is 7.32. The molecule has 0 heterocycles. The lowest BCUT2D eigenvalue weighted by atomic mass is 9.83. The van der Waals surface area contributed by atoms with Crippen LogP contribution in [-0.4, -0.2) is 11.7 Å². The average molecular weight is 288 g/mol. The van der Waals surface area contributed by atoms with Gasteiger partial charge in [0.25, 0.3) is 0 Å². The topological polar surface area (TPSA) is 29.5 Å². The first-order chi connectivity index (χ1) is 10.1. The zero-order valence-electron chi connectivity index (χ0n) is 12.5. The molecule has 1 N–H and O–H groups in total. The van der Waals surface area contributed by atoms with E-state index in [1.807, 2.05) is 38.1 Å². The van der Waals surface area contributed by atoms with Gasteiger partial charge in [0.2, 0.25) is 0 Å². The van der Waals surface area contributed by atoms with Gasteiger partial charge in [0, 0.05) is 5.56 Å². The lowest BCUT2D eigenvalue weighted by Crippen LogP contribution is -2.27. The lowest BCUT2D eigenvalue weighted by molar-refractivity contribution is 0.0724. The van der Waals surface area contributed by atoms with Gasteiger partial charge in [-0.25, -0.2) is 4.39 Å². The van der Waals surface area contributed by atoms with Crippen LogP contribution in [0.3, 0.4) is 0 Å². The third-order valence-corrected chi connectivity index (χ3v) is 3.61. The molecule has 2 rings (SSSR count). The second-order valence-corrected chi connectivity index (χ2v) is 5.07. The van der Waals surface area contributed by atoms with Crippen molar-refractivity contribution in [3.63, 3.8) is 0 Å². The molecule has 0 aliphatic rings. The van der Waals surface area contributed by atoms with Gasteiger partial charge in [-0.05, 0) is 36.6 Å². The first kappa shape index (κ1) is 15.5. The summed E-state index contributed by atoms with van der Waals surface area (Å²) in [7, 11) is 0. The minimum absolute atomic E-state index is 0.355. The predicted octanol–water partition coefficient (Wildman–Crippen LogP) is 4.26. The van der Waals surface area contributed by atoms with E-state index in [4.69, 9.17) is 4.74 Å². The van der Waals surface area contributed by atoms with E-state index in [0.29, 0.717) is 29.9 Å². The molecule has 112 valence electrons. The van der Waals surface area contributed by atoms with Crippen LogP contribution >= 0.6 is 0 Å². The standard InChI is InChI=1S/C18H21FO2/c1-3-12-21-17-11-6-5-10-16(17)18(20,4-2)14-8-7-9-15(19)13-14/h5-11,13,20H,3-4,12H2,1-2H3. The van der Waals surface area contributed by atoms with Crippen LogP contribution in [0, 0.1) is 5.82 Å². The Bertz CT molecular complexity index is 597. The maximum Gasteiger partial charge on any atom is 0.125 e. The summed E-state index contributed by atoms with van der Waals surface area (Å²) in [6, 6.07) is 13.5. The highest BCUT2D eigenvalue weighted by atomic mass is 19.1. The summed E-state index contributed by atoms with van der Waals surface area (Å²) < 4.78 is 19.2. The van der Waals surface area contributed by atoms with Crippen LogP contribution in [0.25, 0.3) is 0 Å². The molecule has 0 aromatic heterocycles. The number of ether oxygens (including phenoxy) is 1. The van der Waals surface area contributed by atoms with E-state index in [1.54, 1.807) is 12.1 Å². The Kier molecular flexibility index (Phi) is 4.97. The summed E-state index contributed by atoms with van der Waals surface area (Å²) in [5, 5.41) is 11.1. The lowest BCUT2D eigenvalue weighted by Gasteiger charge is -2.30. The van der Waals surface area contributed by atoms with E-state index in [2.05, 4.69) is 0 Å². The number of benzene rings is 2. The molecule has 0 aliphatic carbocycles. The Morgan fingerprint density at radius 3 is 2.52 bits per heavy atom. The molecule has 3 heteroatoms. The Hall–Kier alpha value is -1.87.